The van der Waals surface area contributed by atoms with Gasteiger partial charge in [0.05, 0.1) is 18.8 Å². The molecule has 1 N–H and O–H groups in total. The van der Waals surface area contributed by atoms with Crippen LogP contribution in [-0.2, 0) is 13.1 Å². The van der Waals surface area contributed by atoms with Crippen molar-refractivity contribution in [3.63, 3.8) is 0 Å². The molecule has 0 radical (unpaired) electrons. The number of rotatable bonds is 6. The predicted molar refractivity (Wildman–Crippen MR) is 89.9 cm³/mol. The van der Waals surface area contributed by atoms with E-state index in [1.807, 2.05) is 4.68 Å². The SMILES string of the molecule is CCN1CCC(N(C)Cc2c(C)nn(CCO)c2C)C(C)C1. The first-order valence-corrected chi connectivity index (χ1v) is 8.54. The average molecular weight is 308 g/mol. The molecule has 1 aromatic heterocycles. The van der Waals surface area contributed by atoms with Gasteiger partial charge in [0.1, 0.15) is 0 Å². The van der Waals surface area contributed by atoms with E-state index in [1.165, 1.54) is 30.8 Å². The molecule has 0 aliphatic carbocycles. The molecule has 5 nitrogen and oxygen atoms in total. The first-order valence-electron chi connectivity index (χ1n) is 8.54. The zero-order valence-electron chi connectivity index (χ0n) is 14.8. The molecular formula is C17H32N4O. The first-order chi connectivity index (χ1) is 10.5. The third-order valence-electron chi connectivity index (χ3n) is 5.21. The number of nitrogens with zero attached hydrogens (tertiary/aromatic N) is 4. The number of aryl methyl sites for hydroxylation is 1. The third kappa shape index (κ3) is 3.70. The zero-order chi connectivity index (χ0) is 16.3. The molecule has 1 aromatic rings. The largest absolute Gasteiger partial charge is 0.394 e. The summed E-state index contributed by atoms with van der Waals surface area (Å²) in [5.74, 6) is 0.701. The van der Waals surface area contributed by atoms with Crippen molar-refractivity contribution in [2.75, 3.05) is 33.3 Å². The molecule has 0 bridgehead atoms. The van der Waals surface area contributed by atoms with Crippen molar-refractivity contribution in [1.29, 1.82) is 0 Å². The summed E-state index contributed by atoms with van der Waals surface area (Å²) in [5.41, 5.74) is 3.61. The van der Waals surface area contributed by atoms with Crippen LogP contribution in [0.15, 0.2) is 0 Å². The highest BCUT2D eigenvalue weighted by Gasteiger charge is 2.29. The Morgan fingerprint density at radius 2 is 2.09 bits per heavy atom. The third-order valence-corrected chi connectivity index (χ3v) is 5.21. The summed E-state index contributed by atoms with van der Waals surface area (Å²) in [6, 6.07) is 0.641. The molecule has 2 unspecified atom stereocenters. The molecule has 1 aliphatic heterocycles. The minimum absolute atomic E-state index is 0.143. The van der Waals surface area contributed by atoms with Crippen molar-refractivity contribution in [1.82, 2.24) is 19.6 Å². The Morgan fingerprint density at radius 1 is 1.36 bits per heavy atom. The fraction of sp³-hybridized carbons (Fsp3) is 0.824. The molecule has 22 heavy (non-hydrogen) atoms. The second-order valence-corrected chi connectivity index (χ2v) is 6.74. The Kier molecular flexibility index (Phi) is 6.01. The van der Waals surface area contributed by atoms with Crippen LogP contribution in [0.2, 0.25) is 0 Å². The fourth-order valence-corrected chi connectivity index (χ4v) is 3.80. The summed E-state index contributed by atoms with van der Waals surface area (Å²) in [4.78, 5) is 5.04. The summed E-state index contributed by atoms with van der Waals surface area (Å²) in [7, 11) is 2.24. The van der Waals surface area contributed by atoms with Crippen molar-refractivity contribution in [3.05, 3.63) is 17.0 Å². The zero-order valence-corrected chi connectivity index (χ0v) is 14.8. The topological polar surface area (TPSA) is 44.5 Å². The minimum atomic E-state index is 0.143. The Morgan fingerprint density at radius 3 is 2.68 bits per heavy atom. The van der Waals surface area contributed by atoms with Crippen LogP contribution in [0.1, 0.15) is 37.2 Å². The normalized spacial score (nSPS) is 23.4. The van der Waals surface area contributed by atoms with Crippen LogP contribution in [-0.4, -0.2) is 64.0 Å². The molecule has 1 aliphatic rings. The monoisotopic (exact) mass is 308 g/mol. The highest BCUT2D eigenvalue weighted by Crippen LogP contribution is 2.24. The van der Waals surface area contributed by atoms with E-state index in [2.05, 4.69) is 49.6 Å². The predicted octanol–water partition coefficient (Wildman–Crippen LogP) is 1.65. The van der Waals surface area contributed by atoms with E-state index in [-0.39, 0.29) is 6.61 Å². The van der Waals surface area contributed by atoms with Gasteiger partial charge in [-0.15, -0.1) is 0 Å². The van der Waals surface area contributed by atoms with Crippen molar-refractivity contribution in [3.8, 4) is 0 Å². The van der Waals surface area contributed by atoms with Gasteiger partial charge in [-0.25, -0.2) is 0 Å². The van der Waals surface area contributed by atoms with Crippen LogP contribution in [0.4, 0.5) is 0 Å². The number of hydrogen-bond acceptors (Lipinski definition) is 4. The van der Waals surface area contributed by atoms with Crippen LogP contribution >= 0.6 is 0 Å². The number of aliphatic hydroxyl groups is 1. The summed E-state index contributed by atoms with van der Waals surface area (Å²) in [6.07, 6.45) is 1.24. The molecular weight excluding hydrogens is 276 g/mol. The summed E-state index contributed by atoms with van der Waals surface area (Å²) < 4.78 is 1.93. The minimum Gasteiger partial charge on any atom is -0.394 e. The van der Waals surface area contributed by atoms with E-state index in [4.69, 9.17) is 5.11 Å². The van der Waals surface area contributed by atoms with Gasteiger partial charge < -0.3 is 10.0 Å². The molecule has 5 heteroatoms. The Labute approximate surface area is 134 Å². The van der Waals surface area contributed by atoms with Gasteiger partial charge in [0.15, 0.2) is 0 Å². The number of likely N-dealkylation sites (tertiary alicyclic amines) is 1. The van der Waals surface area contributed by atoms with Gasteiger partial charge in [0.2, 0.25) is 0 Å². The van der Waals surface area contributed by atoms with E-state index in [0.717, 1.165) is 18.8 Å². The lowest BCUT2D eigenvalue weighted by molar-refractivity contribution is 0.0785. The van der Waals surface area contributed by atoms with Gasteiger partial charge >= 0.3 is 0 Å². The van der Waals surface area contributed by atoms with E-state index >= 15 is 0 Å². The van der Waals surface area contributed by atoms with Crippen LogP contribution in [0.5, 0.6) is 0 Å². The molecule has 1 saturated heterocycles. The number of piperidine rings is 1. The lowest BCUT2D eigenvalue weighted by Crippen LogP contribution is -2.48. The second kappa shape index (κ2) is 7.57. The molecule has 0 aromatic carbocycles. The highest BCUT2D eigenvalue weighted by atomic mass is 16.3. The molecule has 126 valence electrons. The number of aromatic nitrogens is 2. The number of hydrogen-bond donors (Lipinski definition) is 1. The van der Waals surface area contributed by atoms with Crippen LogP contribution in [0, 0.1) is 19.8 Å². The molecule has 2 heterocycles. The maximum Gasteiger partial charge on any atom is 0.0644 e. The van der Waals surface area contributed by atoms with Crippen LogP contribution in [0.3, 0.4) is 0 Å². The van der Waals surface area contributed by atoms with Crippen LogP contribution in [0.25, 0.3) is 0 Å². The van der Waals surface area contributed by atoms with Crippen LogP contribution < -0.4 is 0 Å². The molecule has 0 spiro atoms. The lowest BCUT2D eigenvalue weighted by atomic mass is 9.92. The lowest BCUT2D eigenvalue weighted by Gasteiger charge is -2.41. The maximum atomic E-state index is 9.14. The van der Waals surface area contributed by atoms with E-state index < -0.39 is 0 Å². The summed E-state index contributed by atoms with van der Waals surface area (Å²) in [6.45, 7) is 14.1. The quantitative estimate of drug-likeness (QED) is 0.868. The molecule has 1 fully saturated rings. The van der Waals surface area contributed by atoms with Crippen molar-refractivity contribution < 1.29 is 5.11 Å². The van der Waals surface area contributed by atoms with Gasteiger partial charge in [0, 0.05) is 30.4 Å². The Hall–Kier alpha value is -0.910. The smallest absolute Gasteiger partial charge is 0.0644 e. The van der Waals surface area contributed by atoms with Crippen molar-refractivity contribution in [2.24, 2.45) is 5.92 Å². The van der Waals surface area contributed by atoms with E-state index in [9.17, 15) is 0 Å². The summed E-state index contributed by atoms with van der Waals surface area (Å²) in [5, 5.41) is 13.7. The fourth-order valence-electron chi connectivity index (χ4n) is 3.80. The standard InChI is InChI=1S/C17H32N4O/c1-6-20-8-7-17(13(2)11-20)19(5)12-16-14(3)18-21(9-10-22)15(16)4/h13,17,22H,6-12H2,1-5H3. The van der Waals surface area contributed by atoms with Gasteiger partial charge in [-0.05, 0) is 46.3 Å². The molecule has 0 amide bonds. The highest BCUT2D eigenvalue weighted by molar-refractivity contribution is 5.24. The average Bonchev–Trinajstić information content (AvgIpc) is 2.75. The second-order valence-electron chi connectivity index (χ2n) is 6.74. The Balaban J connectivity index is 2.04. The Bertz CT molecular complexity index is 485. The number of aliphatic hydroxyl groups excluding tert-OH is 1. The van der Waals surface area contributed by atoms with Gasteiger partial charge in [-0.3, -0.25) is 9.58 Å². The van der Waals surface area contributed by atoms with Crippen molar-refractivity contribution >= 4 is 0 Å². The molecule has 2 atom stereocenters. The van der Waals surface area contributed by atoms with Gasteiger partial charge in [0.25, 0.3) is 0 Å². The molecule has 0 saturated carbocycles. The summed E-state index contributed by atoms with van der Waals surface area (Å²) >= 11 is 0. The van der Waals surface area contributed by atoms with E-state index in [0.29, 0.717) is 18.5 Å². The van der Waals surface area contributed by atoms with Crippen molar-refractivity contribution in [2.45, 2.75) is 53.2 Å². The first kappa shape index (κ1) is 17.4. The van der Waals surface area contributed by atoms with E-state index in [1.54, 1.807) is 0 Å². The molecule has 2 rings (SSSR count). The maximum absolute atomic E-state index is 9.14. The van der Waals surface area contributed by atoms with Gasteiger partial charge in [-0.2, -0.15) is 5.10 Å². The van der Waals surface area contributed by atoms with Gasteiger partial charge in [-0.1, -0.05) is 13.8 Å².